The summed E-state index contributed by atoms with van der Waals surface area (Å²) in [5.41, 5.74) is 3.57. The van der Waals surface area contributed by atoms with Crippen molar-refractivity contribution in [1.29, 1.82) is 0 Å². The van der Waals surface area contributed by atoms with Crippen LogP contribution in [0, 0.1) is 6.92 Å². The maximum atomic E-state index is 12.8. The summed E-state index contributed by atoms with van der Waals surface area (Å²) in [6, 6.07) is 16.7. The molecule has 0 radical (unpaired) electrons. The molecule has 0 saturated carbocycles. The second-order valence-corrected chi connectivity index (χ2v) is 9.12. The summed E-state index contributed by atoms with van der Waals surface area (Å²) < 4.78 is 1.99. The number of hydrogen-bond donors (Lipinski definition) is 0. The molecular weight excluding hydrogens is 400 g/mol. The van der Waals surface area contributed by atoms with E-state index in [1.54, 1.807) is 11.8 Å². The average molecular weight is 425 g/mol. The van der Waals surface area contributed by atoms with Crippen molar-refractivity contribution in [3.63, 3.8) is 0 Å². The molecule has 3 aromatic rings. The van der Waals surface area contributed by atoms with Gasteiger partial charge in [-0.1, -0.05) is 47.7 Å². The number of hydrogen-bond acceptors (Lipinski definition) is 5. The Morgan fingerprint density at radius 3 is 2.69 bits per heavy atom. The van der Waals surface area contributed by atoms with Gasteiger partial charge in [-0.25, -0.2) is 0 Å². The second-order valence-electron chi connectivity index (χ2n) is 7.13. The molecule has 0 unspecified atom stereocenters. The van der Waals surface area contributed by atoms with Gasteiger partial charge in [-0.2, -0.15) is 0 Å². The fourth-order valence-electron chi connectivity index (χ4n) is 3.38. The van der Waals surface area contributed by atoms with Gasteiger partial charge in [-0.15, -0.1) is 22.0 Å². The van der Waals surface area contributed by atoms with E-state index in [-0.39, 0.29) is 5.91 Å². The van der Waals surface area contributed by atoms with E-state index in [1.807, 2.05) is 34.7 Å². The van der Waals surface area contributed by atoms with Crippen LogP contribution in [0.25, 0.3) is 0 Å². The van der Waals surface area contributed by atoms with Crippen molar-refractivity contribution in [2.75, 3.05) is 17.2 Å². The summed E-state index contributed by atoms with van der Waals surface area (Å²) >= 11 is 3.20. The van der Waals surface area contributed by atoms with Crippen LogP contribution in [-0.2, 0) is 24.0 Å². The third-order valence-corrected chi connectivity index (χ3v) is 7.06. The van der Waals surface area contributed by atoms with E-state index >= 15 is 0 Å². The molecule has 29 heavy (non-hydrogen) atoms. The minimum Gasteiger partial charge on any atom is -0.311 e. The standard InChI is InChI=1S/C22H24N4OS2/c1-16-9-11-18(12-10-16)28-14-20-23-24-22(25(20)2)29-15-21(27)26-13-5-7-17-6-3-4-8-19(17)26/h3-4,6,8-12H,5,7,13-15H2,1-2H3. The van der Waals surface area contributed by atoms with Crippen LogP contribution >= 0.6 is 23.5 Å². The lowest BCUT2D eigenvalue weighted by atomic mass is 10.0. The van der Waals surface area contributed by atoms with E-state index in [9.17, 15) is 4.79 Å². The average Bonchev–Trinajstić information content (AvgIpc) is 3.10. The maximum absolute atomic E-state index is 12.8. The lowest BCUT2D eigenvalue weighted by Gasteiger charge is -2.29. The topological polar surface area (TPSA) is 51.0 Å². The molecule has 4 rings (SSSR count). The van der Waals surface area contributed by atoms with Crippen molar-refractivity contribution in [3.05, 3.63) is 65.5 Å². The first-order valence-electron chi connectivity index (χ1n) is 9.70. The van der Waals surface area contributed by atoms with E-state index in [0.29, 0.717) is 5.75 Å². The largest absolute Gasteiger partial charge is 0.311 e. The number of rotatable bonds is 6. The lowest BCUT2D eigenvalue weighted by molar-refractivity contribution is -0.116. The quantitative estimate of drug-likeness (QED) is 0.546. The Hall–Kier alpha value is -2.25. The molecule has 5 nitrogen and oxygen atoms in total. The molecule has 150 valence electrons. The molecule has 0 fully saturated rings. The SMILES string of the molecule is Cc1ccc(SCc2nnc(SCC(=O)N3CCCc4ccccc43)n2C)cc1. The second kappa shape index (κ2) is 9.05. The molecule has 2 heterocycles. The Kier molecular flexibility index (Phi) is 6.25. The first-order chi connectivity index (χ1) is 14.1. The molecule has 0 N–H and O–H groups in total. The molecule has 0 atom stereocenters. The summed E-state index contributed by atoms with van der Waals surface area (Å²) in [5, 5.41) is 9.40. The van der Waals surface area contributed by atoms with Crippen molar-refractivity contribution in [2.45, 2.75) is 35.6 Å². The third kappa shape index (κ3) is 4.67. The first-order valence-corrected chi connectivity index (χ1v) is 11.7. The van der Waals surface area contributed by atoms with Gasteiger partial charge in [-0.3, -0.25) is 4.79 Å². The lowest BCUT2D eigenvalue weighted by Crippen LogP contribution is -2.36. The number of aryl methyl sites for hydroxylation is 2. The molecule has 0 aliphatic carbocycles. The number of thioether (sulfide) groups is 2. The van der Waals surface area contributed by atoms with Crippen LogP contribution in [0.1, 0.15) is 23.4 Å². The number of amides is 1. The number of nitrogens with zero attached hydrogens (tertiary/aromatic N) is 4. The smallest absolute Gasteiger partial charge is 0.237 e. The van der Waals surface area contributed by atoms with E-state index in [4.69, 9.17) is 0 Å². The summed E-state index contributed by atoms with van der Waals surface area (Å²) in [4.78, 5) is 16.0. The van der Waals surface area contributed by atoms with Crippen LogP contribution in [0.5, 0.6) is 0 Å². The zero-order chi connectivity index (χ0) is 20.2. The van der Waals surface area contributed by atoms with Crippen LogP contribution in [0.15, 0.2) is 58.6 Å². The summed E-state index contributed by atoms with van der Waals surface area (Å²) in [7, 11) is 1.97. The predicted octanol–water partition coefficient (Wildman–Crippen LogP) is 4.49. The zero-order valence-electron chi connectivity index (χ0n) is 16.7. The summed E-state index contributed by atoms with van der Waals surface area (Å²) in [6.07, 6.45) is 2.05. The van der Waals surface area contributed by atoms with Crippen LogP contribution < -0.4 is 4.90 Å². The Morgan fingerprint density at radius 1 is 1.07 bits per heavy atom. The van der Waals surface area contributed by atoms with Crippen LogP contribution in [0.4, 0.5) is 5.69 Å². The molecule has 1 aliphatic heterocycles. The molecule has 7 heteroatoms. The highest BCUT2D eigenvalue weighted by atomic mass is 32.2. The number of fused-ring (bicyclic) bond motifs is 1. The third-order valence-electron chi connectivity index (χ3n) is 5.05. The normalized spacial score (nSPS) is 13.4. The fourth-order valence-corrected chi connectivity index (χ4v) is 5.06. The molecular formula is C22H24N4OS2. The Balaban J connectivity index is 1.36. The monoisotopic (exact) mass is 424 g/mol. The minimum atomic E-state index is 0.126. The number of benzene rings is 2. The maximum Gasteiger partial charge on any atom is 0.237 e. The van der Waals surface area contributed by atoms with Crippen molar-refractivity contribution in [3.8, 4) is 0 Å². The molecule has 0 spiro atoms. The predicted molar refractivity (Wildman–Crippen MR) is 120 cm³/mol. The van der Waals surface area contributed by atoms with E-state index in [0.717, 1.165) is 41.8 Å². The summed E-state index contributed by atoms with van der Waals surface area (Å²) in [5.74, 6) is 2.15. The van der Waals surface area contributed by atoms with Gasteiger partial charge in [0.15, 0.2) is 5.16 Å². The van der Waals surface area contributed by atoms with Gasteiger partial charge >= 0.3 is 0 Å². The van der Waals surface area contributed by atoms with Gasteiger partial charge in [0.05, 0.1) is 11.5 Å². The molecule has 1 aromatic heterocycles. The number of aromatic nitrogens is 3. The highest BCUT2D eigenvalue weighted by Gasteiger charge is 2.22. The van der Waals surface area contributed by atoms with Gasteiger partial charge in [0, 0.05) is 24.2 Å². The van der Waals surface area contributed by atoms with E-state index < -0.39 is 0 Å². The zero-order valence-corrected chi connectivity index (χ0v) is 18.3. The fraction of sp³-hybridized carbons (Fsp3) is 0.318. The number of carbonyl (C=O) groups excluding carboxylic acids is 1. The van der Waals surface area contributed by atoms with Gasteiger partial charge in [0.2, 0.25) is 5.91 Å². The van der Waals surface area contributed by atoms with E-state index in [2.05, 4.69) is 47.5 Å². The minimum absolute atomic E-state index is 0.126. The molecule has 0 bridgehead atoms. The Bertz CT molecular complexity index is 1000. The molecule has 1 amide bonds. The Morgan fingerprint density at radius 2 is 1.86 bits per heavy atom. The molecule has 0 saturated heterocycles. The number of para-hydroxylation sites is 1. The van der Waals surface area contributed by atoms with Crippen molar-refractivity contribution in [1.82, 2.24) is 14.8 Å². The highest BCUT2D eigenvalue weighted by molar-refractivity contribution is 7.99. The van der Waals surface area contributed by atoms with Crippen LogP contribution in [0.2, 0.25) is 0 Å². The van der Waals surface area contributed by atoms with Gasteiger partial charge < -0.3 is 9.47 Å². The van der Waals surface area contributed by atoms with Crippen LogP contribution in [-0.4, -0.2) is 33.0 Å². The van der Waals surface area contributed by atoms with Crippen molar-refractivity contribution in [2.24, 2.45) is 7.05 Å². The highest BCUT2D eigenvalue weighted by Crippen LogP contribution is 2.28. The molecule has 2 aromatic carbocycles. The van der Waals surface area contributed by atoms with E-state index in [1.165, 1.54) is 27.8 Å². The van der Waals surface area contributed by atoms with Gasteiger partial charge in [0.1, 0.15) is 5.82 Å². The number of anilines is 1. The van der Waals surface area contributed by atoms with Crippen LogP contribution in [0.3, 0.4) is 0 Å². The van der Waals surface area contributed by atoms with Gasteiger partial charge in [0.25, 0.3) is 0 Å². The van der Waals surface area contributed by atoms with Crippen molar-refractivity contribution >= 4 is 35.1 Å². The number of carbonyl (C=O) groups is 1. The van der Waals surface area contributed by atoms with Gasteiger partial charge in [-0.05, 0) is 43.5 Å². The molecule has 1 aliphatic rings. The van der Waals surface area contributed by atoms with Crippen molar-refractivity contribution < 1.29 is 4.79 Å². The first kappa shape index (κ1) is 20.0. The Labute approximate surface area is 179 Å². The summed E-state index contributed by atoms with van der Waals surface area (Å²) in [6.45, 7) is 2.87.